The summed E-state index contributed by atoms with van der Waals surface area (Å²) in [7, 11) is -2.50. The van der Waals surface area contributed by atoms with Gasteiger partial charge in [-0.2, -0.15) is 22.5 Å². The second-order valence-corrected chi connectivity index (χ2v) is 12.7. The van der Waals surface area contributed by atoms with Gasteiger partial charge in [-0.3, -0.25) is 9.69 Å². The van der Waals surface area contributed by atoms with E-state index in [2.05, 4.69) is 31.2 Å². The smallest absolute Gasteiger partial charge is 0.410 e. The molecule has 1 fully saturated rings. The molecule has 4 aromatic rings. The van der Waals surface area contributed by atoms with E-state index in [-0.39, 0.29) is 48.0 Å². The third kappa shape index (κ3) is 6.36. The second kappa shape index (κ2) is 11.6. The first-order valence-electron chi connectivity index (χ1n) is 13.2. The molecular formula is C27H28F3N9O4S. The van der Waals surface area contributed by atoms with E-state index in [1.54, 1.807) is 48.5 Å². The molecule has 1 amide bonds. The van der Waals surface area contributed by atoms with Crippen LogP contribution in [-0.4, -0.2) is 89.0 Å². The number of aromatic nitrogens is 5. The molecule has 1 saturated heterocycles. The highest BCUT2D eigenvalue weighted by Gasteiger charge is 2.48. The zero-order valence-corrected chi connectivity index (χ0v) is 24.4. The molecule has 5 rings (SSSR count). The van der Waals surface area contributed by atoms with Gasteiger partial charge in [-0.05, 0) is 36.4 Å². The van der Waals surface area contributed by atoms with Crippen molar-refractivity contribution in [2.24, 2.45) is 4.36 Å². The Morgan fingerprint density at radius 3 is 2.55 bits per heavy atom. The zero-order valence-electron chi connectivity index (χ0n) is 23.6. The number of alkyl halides is 3. The number of carboxylic acid groups (broad SMARTS) is 1. The Kier molecular flexibility index (Phi) is 8.07. The monoisotopic (exact) mass is 631 g/mol. The number of benzene rings is 1. The number of nitrogens with one attached hydrogen (secondary N) is 1. The molecule has 0 spiro atoms. The molecule has 3 aromatic heterocycles. The van der Waals surface area contributed by atoms with E-state index in [4.69, 9.17) is 0 Å². The number of allylic oxidation sites excluding steroid dienone is 1. The number of carbonyl (C=O) groups is 1. The maximum Gasteiger partial charge on any atom is 0.410 e. The van der Waals surface area contributed by atoms with Crippen molar-refractivity contribution in [1.82, 2.24) is 29.2 Å². The number of halogens is 3. The molecule has 17 heteroatoms. The number of hydrogen-bond donors (Lipinski definition) is 2. The predicted molar refractivity (Wildman–Crippen MR) is 160 cm³/mol. The van der Waals surface area contributed by atoms with Gasteiger partial charge in [-0.1, -0.05) is 12.1 Å². The van der Waals surface area contributed by atoms with Crippen LogP contribution >= 0.6 is 0 Å². The Morgan fingerprint density at radius 1 is 1.18 bits per heavy atom. The van der Waals surface area contributed by atoms with E-state index in [1.807, 2.05) is 0 Å². The molecule has 232 valence electrons. The SMILES string of the molecule is C=CCn1c(=O)c2cnc(Nc3ccc(N4CCN(C(=O)O)C(C(F)(F)F)C4)cc3)nc2n1-c1cccc(N=S(C)(C)=O)n1. The first kappa shape index (κ1) is 30.5. The van der Waals surface area contributed by atoms with Gasteiger partial charge in [-0.25, -0.2) is 28.3 Å². The van der Waals surface area contributed by atoms with Gasteiger partial charge in [0.15, 0.2) is 17.3 Å². The molecule has 0 radical (unpaired) electrons. The average molecular weight is 632 g/mol. The third-order valence-corrected chi connectivity index (χ3v) is 7.35. The summed E-state index contributed by atoms with van der Waals surface area (Å²) in [6, 6.07) is 9.25. The topological polar surface area (TPSA) is 151 Å². The molecular weight excluding hydrogens is 603 g/mol. The van der Waals surface area contributed by atoms with Gasteiger partial charge in [0, 0.05) is 59.4 Å². The van der Waals surface area contributed by atoms with Crippen molar-refractivity contribution in [2.75, 3.05) is 42.4 Å². The molecule has 0 saturated carbocycles. The van der Waals surface area contributed by atoms with Crippen molar-refractivity contribution in [3.05, 3.63) is 71.7 Å². The standard InChI is InChI=1S/C27H28F3N9O4S/c1-4-12-38-24(40)19-15-31-25(34-23(19)39(38)22-7-5-6-21(33-22)35-44(2,3)43)32-17-8-10-18(11-9-17)36-13-14-37(26(41)42)20(16-36)27(28,29)30/h4-11,15,20H,1,12-14,16H2,2-3H3,(H,41,42)(H,31,32,34). The maximum absolute atomic E-state index is 13.5. The fourth-order valence-electron chi connectivity index (χ4n) is 4.83. The number of amides is 1. The van der Waals surface area contributed by atoms with Crippen molar-refractivity contribution in [3.8, 4) is 5.82 Å². The average Bonchev–Trinajstić information content (AvgIpc) is 3.22. The molecule has 0 bridgehead atoms. The van der Waals surface area contributed by atoms with Crippen LogP contribution in [0.1, 0.15) is 0 Å². The van der Waals surface area contributed by atoms with Crippen LogP contribution in [0, 0.1) is 0 Å². The van der Waals surface area contributed by atoms with Crippen molar-refractivity contribution in [3.63, 3.8) is 0 Å². The van der Waals surface area contributed by atoms with Crippen LogP contribution < -0.4 is 15.8 Å². The van der Waals surface area contributed by atoms with Gasteiger partial charge in [0.25, 0.3) is 5.56 Å². The molecule has 4 heterocycles. The summed E-state index contributed by atoms with van der Waals surface area (Å²) in [5, 5.41) is 12.4. The Hall–Kier alpha value is -4.93. The number of pyridine rings is 1. The summed E-state index contributed by atoms with van der Waals surface area (Å²) < 4.78 is 59.9. The molecule has 44 heavy (non-hydrogen) atoms. The molecule has 13 nitrogen and oxygen atoms in total. The lowest BCUT2D eigenvalue weighted by molar-refractivity contribution is -0.178. The van der Waals surface area contributed by atoms with Gasteiger partial charge >= 0.3 is 12.3 Å². The second-order valence-electron chi connectivity index (χ2n) is 10.2. The van der Waals surface area contributed by atoms with E-state index in [0.717, 1.165) is 0 Å². The number of rotatable bonds is 7. The third-order valence-electron chi connectivity index (χ3n) is 6.72. The lowest BCUT2D eigenvalue weighted by atomic mass is 10.1. The largest absolute Gasteiger partial charge is 0.465 e. The minimum absolute atomic E-state index is 0.0980. The van der Waals surface area contributed by atoms with Gasteiger partial charge < -0.3 is 15.3 Å². The first-order chi connectivity index (χ1) is 20.7. The minimum Gasteiger partial charge on any atom is -0.465 e. The Morgan fingerprint density at radius 2 is 1.91 bits per heavy atom. The normalized spacial score (nSPS) is 15.8. The van der Waals surface area contributed by atoms with Gasteiger partial charge in [0.1, 0.15) is 11.4 Å². The molecule has 2 N–H and O–H groups in total. The quantitative estimate of drug-likeness (QED) is 0.289. The minimum atomic E-state index is -4.71. The van der Waals surface area contributed by atoms with Gasteiger partial charge in [-0.15, -0.1) is 6.58 Å². The summed E-state index contributed by atoms with van der Waals surface area (Å²) in [6.45, 7) is 3.14. The van der Waals surface area contributed by atoms with E-state index < -0.39 is 34.6 Å². The lowest BCUT2D eigenvalue weighted by Gasteiger charge is -2.41. The Labute approximate surface area is 249 Å². The number of anilines is 3. The van der Waals surface area contributed by atoms with E-state index in [0.29, 0.717) is 22.1 Å². The Balaban J connectivity index is 1.45. The molecule has 0 aliphatic carbocycles. The lowest BCUT2D eigenvalue weighted by Crippen LogP contribution is -2.60. The maximum atomic E-state index is 13.5. The van der Waals surface area contributed by atoms with Gasteiger partial charge in [0.05, 0.1) is 6.54 Å². The van der Waals surface area contributed by atoms with Crippen LogP contribution in [0.5, 0.6) is 0 Å². The number of hydrogen-bond acceptors (Lipinski definition) is 9. The van der Waals surface area contributed by atoms with Gasteiger partial charge in [0.2, 0.25) is 5.95 Å². The summed E-state index contributed by atoms with van der Waals surface area (Å²) in [5.41, 5.74) is 0.860. The molecule has 1 aliphatic rings. The first-order valence-corrected chi connectivity index (χ1v) is 15.5. The molecule has 1 atom stereocenters. The van der Waals surface area contributed by atoms with E-state index >= 15 is 0 Å². The summed E-state index contributed by atoms with van der Waals surface area (Å²) >= 11 is 0. The van der Waals surface area contributed by atoms with Crippen LogP contribution in [0.2, 0.25) is 0 Å². The van der Waals surface area contributed by atoms with E-state index in [9.17, 15) is 32.1 Å². The highest BCUT2D eigenvalue weighted by atomic mass is 32.2. The molecule has 1 aromatic carbocycles. The van der Waals surface area contributed by atoms with Crippen LogP contribution in [0.3, 0.4) is 0 Å². The predicted octanol–water partition coefficient (Wildman–Crippen LogP) is 4.00. The van der Waals surface area contributed by atoms with Crippen molar-refractivity contribution in [2.45, 2.75) is 18.8 Å². The number of nitrogens with zero attached hydrogens (tertiary/aromatic N) is 8. The molecule has 1 aliphatic heterocycles. The number of piperazine rings is 1. The van der Waals surface area contributed by atoms with Crippen LogP contribution in [0.4, 0.5) is 41.1 Å². The highest BCUT2D eigenvalue weighted by molar-refractivity contribution is 7.92. The number of fused-ring (bicyclic) bond motifs is 1. The fourth-order valence-corrected chi connectivity index (χ4v) is 5.38. The van der Waals surface area contributed by atoms with Crippen LogP contribution in [0.25, 0.3) is 16.9 Å². The summed E-state index contributed by atoms with van der Waals surface area (Å²) in [6.07, 6.45) is -0.440. The summed E-state index contributed by atoms with van der Waals surface area (Å²) in [4.78, 5) is 39.7. The van der Waals surface area contributed by atoms with E-state index in [1.165, 1.54) is 33.0 Å². The Bertz CT molecular complexity index is 1910. The molecule has 1 unspecified atom stereocenters. The fraction of sp³-hybridized carbons (Fsp3) is 0.296. The summed E-state index contributed by atoms with van der Waals surface area (Å²) in [5.74, 6) is 0.654. The zero-order chi connectivity index (χ0) is 31.8. The van der Waals surface area contributed by atoms with Crippen LogP contribution in [0.15, 0.2) is 70.5 Å². The van der Waals surface area contributed by atoms with Crippen molar-refractivity contribution < 1.29 is 27.3 Å². The van der Waals surface area contributed by atoms with Crippen molar-refractivity contribution >= 4 is 50.0 Å². The highest BCUT2D eigenvalue weighted by Crippen LogP contribution is 2.31. The van der Waals surface area contributed by atoms with Crippen LogP contribution in [-0.2, 0) is 16.3 Å². The van der Waals surface area contributed by atoms with Crippen molar-refractivity contribution in [1.29, 1.82) is 0 Å².